The molecule has 0 spiro atoms. The molecule has 0 aliphatic heterocycles. The number of hydrogen-bond donors (Lipinski definition) is 0. The van der Waals surface area contributed by atoms with Gasteiger partial charge in [0.25, 0.3) is 0 Å². The van der Waals surface area contributed by atoms with Gasteiger partial charge in [-0.1, -0.05) is 84.9 Å². The normalized spacial score (nSPS) is 13.7. The van der Waals surface area contributed by atoms with Gasteiger partial charge in [0.15, 0.2) is 5.76 Å². The second-order valence-electron chi connectivity index (χ2n) is 8.81. The largest absolute Gasteiger partial charge is 0.454 e. The van der Waals surface area contributed by atoms with Gasteiger partial charge < -0.3 is 4.42 Å². The van der Waals surface area contributed by atoms with Crippen LogP contribution in [-0.2, 0) is 0 Å². The summed E-state index contributed by atoms with van der Waals surface area (Å²) in [6.45, 7) is 0. The van der Waals surface area contributed by atoms with E-state index in [4.69, 9.17) is 9.52 Å². The van der Waals surface area contributed by atoms with Gasteiger partial charge >= 0.3 is 0 Å². The quantitative estimate of drug-likeness (QED) is 0.286. The topological polar surface area (TPSA) is 30.4 Å². The monoisotopic (exact) mass is 426 g/mol. The van der Waals surface area contributed by atoms with Crippen molar-refractivity contribution in [3.63, 3.8) is 0 Å². The lowest BCUT2D eigenvalue weighted by Crippen LogP contribution is -1.98. The molecule has 3 heteroatoms. The second-order valence-corrected chi connectivity index (χ2v) is 8.81. The van der Waals surface area contributed by atoms with E-state index in [0.29, 0.717) is 5.92 Å². The van der Waals surface area contributed by atoms with Gasteiger partial charge in [0, 0.05) is 28.1 Å². The van der Waals surface area contributed by atoms with Gasteiger partial charge in [0.1, 0.15) is 11.5 Å². The van der Waals surface area contributed by atoms with Crippen molar-refractivity contribution >= 4 is 16.3 Å². The van der Waals surface area contributed by atoms with Crippen LogP contribution in [0.2, 0.25) is 0 Å². The molecule has 3 nitrogen and oxygen atoms in total. The minimum atomic E-state index is 0.574. The molecular weight excluding hydrogens is 404 g/mol. The first-order valence-corrected chi connectivity index (χ1v) is 11.5. The average molecular weight is 427 g/mol. The minimum Gasteiger partial charge on any atom is -0.454 e. The Kier molecular flexibility index (Phi) is 4.03. The third-order valence-corrected chi connectivity index (χ3v) is 6.61. The molecule has 0 amide bonds. The van der Waals surface area contributed by atoms with Gasteiger partial charge in [-0.15, -0.1) is 0 Å². The molecule has 0 N–H and O–H groups in total. The van der Waals surface area contributed by atoms with Crippen LogP contribution in [0.1, 0.15) is 24.5 Å². The number of benzene rings is 3. The van der Waals surface area contributed by atoms with Crippen LogP contribution in [0.5, 0.6) is 0 Å². The van der Waals surface area contributed by atoms with Crippen molar-refractivity contribution in [3.8, 4) is 33.9 Å². The van der Waals surface area contributed by atoms with Gasteiger partial charge in [0.2, 0.25) is 0 Å². The fourth-order valence-electron chi connectivity index (χ4n) is 4.86. The van der Waals surface area contributed by atoms with Crippen molar-refractivity contribution in [2.45, 2.75) is 18.8 Å². The summed E-state index contributed by atoms with van der Waals surface area (Å²) in [6, 6.07) is 35.9. The molecule has 0 saturated heterocycles. The summed E-state index contributed by atoms with van der Waals surface area (Å²) in [7, 11) is 0. The van der Waals surface area contributed by atoms with E-state index in [1.807, 2.05) is 24.3 Å². The van der Waals surface area contributed by atoms with Crippen molar-refractivity contribution in [2.75, 3.05) is 0 Å². The molecule has 3 aromatic heterocycles. The average Bonchev–Trinajstić information content (AvgIpc) is 3.46. The van der Waals surface area contributed by atoms with Gasteiger partial charge in [-0.05, 0) is 42.0 Å². The predicted octanol–water partition coefficient (Wildman–Crippen LogP) is 7.96. The van der Waals surface area contributed by atoms with Crippen LogP contribution in [-0.4, -0.2) is 9.61 Å². The highest BCUT2D eigenvalue weighted by molar-refractivity contribution is 6.07. The van der Waals surface area contributed by atoms with E-state index in [-0.39, 0.29) is 0 Å². The maximum absolute atomic E-state index is 6.40. The molecule has 3 aromatic carbocycles. The number of hydrogen-bond acceptors (Lipinski definition) is 2. The van der Waals surface area contributed by atoms with E-state index in [1.165, 1.54) is 29.3 Å². The highest BCUT2D eigenvalue weighted by Crippen LogP contribution is 2.45. The Morgan fingerprint density at radius 2 is 1.36 bits per heavy atom. The Labute approximate surface area is 191 Å². The summed E-state index contributed by atoms with van der Waals surface area (Å²) in [4.78, 5) is 0. The molecule has 33 heavy (non-hydrogen) atoms. The Morgan fingerprint density at radius 1 is 0.697 bits per heavy atom. The maximum Gasteiger partial charge on any atom is 0.155 e. The first-order valence-electron chi connectivity index (χ1n) is 11.5. The van der Waals surface area contributed by atoms with Crippen molar-refractivity contribution < 1.29 is 4.42 Å². The molecule has 1 fully saturated rings. The smallest absolute Gasteiger partial charge is 0.155 e. The molecule has 1 aliphatic rings. The van der Waals surface area contributed by atoms with Crippen LogP contribution < -0.4 is 0 Å². The second kappa shape index (κ2) is 7.21. The van der Waals surface area contributed by atoms with Crippen LogP contribution in [0.15, 0.2) is 108 Å². The van der Waals surface area contributed by atoms with Crippen molar-refractivity contribution in [1.29, 1.82) is 0 Å². The first kappa shape index (κ1) is 18.5. The van der Waals surface area contributed by atoms with Crippen LogP contribution in [0.25, 0.3) is 50.2 Å². The minimum absolute atomic E-state index is 0.574. The summed E-state index contributed by atoms with van der Waals surface area (Å²) in [5.74, 6) is 2.22. The zero-order valence-electron chi connectivity index (χ0n) is 18.1. The number of fused-ring (bicyclic) bond motifs is 3. The molecule has 1 saturated carbocycles. The lowest BCUT2D eigenvalue weighted by Gasteiger charge is -2.09. The van der Waals surface area contributed by atoms with Crippen molar-refractivity contribution in [1.82, 2.24) is 9.61 Å². The highest BCUT2D eigenvalue weighted by atomic mass is 16.3. The van der Waals surface area contributed by atoms with Gasteiger partial charge in [-0.2, -0.15) is 5.10 Å². The molecule has 0 atom stereocenters. The maximum atomic E-state index is 6.40. The zero-order chi connectivity index (χ0) is 21.8. The molecule has 7 rings (SSSR count). The van der Waals surface area contributed by atoms with E-state index in [0.717, 1.165) is 39.4 Å². The summed E-state index contributed by atoms with van der Waals surface area (Å²) in [6.07, 6.45) is 2.45. The number of furan rings is 1. The van der Waals surface area contributed by atoms with E-state index in [2.05, 4.69) is 83.4 Å². The first-order chi connectivity index (χ1) is 16.4. The summed E-state index contributed by atoms with van der Waals surface area (Å²) in [5, 5.41) is 7.68. The van der Waals surface area contributed by atoms with Gasteiger partial charge in [-0.25, -0.2) is 4.52 Å². The Hall–Kier alpha value is -4.11. The summed E-state index contributed by atoms with van der Waals surface area (Å²) >= 11 is 0. The molecule has 1 aliphatic carbocycles. The lowest BCUT2D eigenvalue weighted by molar-refractivity contribution is 0.594. The van der Waals surface area contributed by atoms with E-state index < -0.39 is 0 Å². The lowest BCUT2D eigenvalue weighted by atomic mass is 9.99. The Morgan fingerprint density at radius 3 is 2.12 bits per heavy atom. The molecule has 3 heterocycles. The summed E-state index contributed by atoms with van der Waals surface area (Å²) in [5.41, 5.74) is 6.69. The van der Waals surface area contributed by atoms with Crippen LogP contribution in [0.3, 0.4) is 0 Å². The van der Waals surface area contributed by atoms with E-state index in [1.54, 1.807) is 0 Å². The third kappa shape index (κ3) is 3.00. The van der Waals surface area contributed by atoms with Crippen molar-refractivity contribution in [3.05, 3.63) is 109 Å². The van der Waals surface area contributed by atoms with E-state index >= 15 is 0 Å². The number of aromatic nitrogens is 2. The third-order valence-electron chi connectivity index (χ3n) is 6.61. The fraction of sp³-hybridized carbons (Fsp3) is 0.100. The van der Waals surface area contributed by atoms with Crippen LogP contribution in [0, 0.1) is 0 Å². The van der Waals surface area contributed by atoms with Crippen molar-refractivity contribution in [2.24, 2.45) is 0 Å². The molecule has 6 aromatic rings. The summed E-state index contributed by atoms with van der Waals surface area (Å²) < 4.78 is 8.58. The predicted molar refractivity (Wildman–Crippen MR) is 133 cm³/mol. The standard InChI is InChI=1S/C30H22N2O/c1-3-9-21(10-4-1)26-17-18-27(33-26)29-28(22-11-5-2-6-12-22)30-24-14-8-7-13-23(24)19-25(20-15-16-20)32(30)31-29/h1-14,17-20H,15-16H2. The van der Waals surface area contributed by atoms with Crippen LogP contribution in [0.4, 0.5) is 0 Å². The molecule has 158 valence electrons. The van der Waals surface area contributed by atoms with Gasteiger partial charge in [-0.3, -0.25) is 0 Å². The number of pyridine rings is 1. The van der Waals surface area contributed by atoms with E-state index in [9.17, 15) is 0 Å². The molecule has 0 unspecified atom stereocenters. The number of rotatable bonds is 4. The van der Waals surface area contributed by atoms with Gasteiger partial charge in [0.05, 0.1) is 5.52 Å². The molecule has 0 radical (unpaired) electrons. The highest BCUT2D eigenvalue weighted by Gasteiger charge is 2.30. The fourth-order valence-corrected chi connectivity index (χ4v) is 4.86. The zero-order valence-corrected chi connectivity index (χ0v) is 18.1. The SMILES string of the molecule is c1ccc(-c2ccc(-c3nn4c(C5CC5)cc5ccccc5c4c3-c3ccccc3)o2)cc1. The van der Waals surface area contributed by atoms with Crippen LogP contribution >= 0.6 is 0 Å². The molecule has 0 bridgehead atoms. The number of nitrogens with zero attached hydrogens (tertiary/aromatic N) is 2. The Bertz CT molecular complexity index is 1610. The Balaban J connectivity index is 1.56. The molecular formula is C30H22N2O.